The highest BCUT2D eigenvalue weighted by Crippen LogP contribution is 2.37. The predicted molar refractivity (Wildman–Crippen MR) is 114 cm³/mol. The number of aliphatic imine (C=N–C) groups is 1. The lowest BCUT2D eigenvalue weighted by Crippen LogP contribution is -2.53. The van der Waals surface area contributed by atoms with Gasteiger partial charge in [-0.25, -0.2) is 0 Å². The summed E-state index contributed by atoms with van der Waals surface area (Å²) < 4.78 is 11.2. The molecule has 7 heteroatoms. The first-order valence-corrected chi connectivity index (χ1v) is 12.0. The number of rotatable bonds is 9. The normalized spacial score (nSPS) is 26.4. The van der Waals surface area contributed by atoms with E-state index < -0.39 is 0 Å². The average Bonchev–Trinajstić information content (AvgIpc) is 3.39. The van der Waals surface area contributed by atoms with Gasteiger partial charge in [0.2, 0.25) is 0 Å². The molecule has 3 aliphatic rings. The molecule has 1 aliphatic carbocycles. The Bertz CT molecular complexity index is 445. The second-order valence-electron chi connectivity index (χ2n) is 7.86. The molecular formula is C20H38N4O2S. The summed E-state index contributed by atoms with van der Waals surface area (Å²) in [7, 11) is 0. The van der Waals surface area contributed by atoms with Crippen molar-refractivity contribution in [2.75, 3.05) is 64.1 Å². The van der Waals surface area contributed by atoms with Crippen molar-refractivity contribution in [1.82, 2.24) is 15.5 Å². The highest BCUT2D eigenvalue weighted by atomic mass is 32.2. The predicted octanol–water partition coefficient (Wildman–Crippen LogP) is 2.10. The molecule has 2 heterocycles. The first-order valence-electron chi connectivity index (χ1n) is 10.9. The molecule has 0 bridgehead atoms. The summed E-state index contributed by atoms with van der Waals surface area (Å²) in [5.41, 5.74) is 0.301. The number of hydrogen-bond donors (Lipinski definition) is 2. The maximum Gasteiger partial charge on any atom is 0.191 e. The fourth-order valence-corrected chi connectivity index (χ4v) is 5.29. The number of nitrogens with zero attached hydrogens (tertiary/aromatic N) is 2. The van der Waals surface area contributed by atoms with Crippen LogP contribution in [0.4, 0.5) is 0 Å². The van der Waals surface area contributed by atoms with E-state index in [1.807, 2.05) is 0 Å². The molecule has 0 aromatic rings. The minimum Gasteiger partial charge on any atom is -0.379 e. The lowest BCUT2D eigenvalue weighted by atomic mass is 9.95. The van der Waals surface area contributed by atoms with E-state index in [-0.39, 0.29) is 0 Å². The van der Waals surface area contributed by atoms with Crippen LogP contribution in [0.1, 0.15) is 45.4 Å². The second kappa shape index (κ2) is 11.5. The van der Waals surface area contributed by atoms with Crippen LogP contribution in [0.2, 0.25) is 0 Å². The number of nitrogens with one attached hydrogen (secondary N) is 2. The molecule has 0 radical (unpaired) electrons. The molecule has 2 N–H and O–H groups in total. The molecule has 1 atom stereocenters. The third-order valence-electron chi connectivity index (χ3n) is 5.95. The van der Waals surface area contributed by atoms with Crippen molar-refractivity contribution < 1.29 is 9.47 Å². The van der Waals surface area contributed by atoms with E-state index in [2.05, 4.69) is 34.2 Å². The van der Waals surface area contributed by atoms with Gasteiger partial charge in [-0.15, -0.1) is 0 Å². The summed E-state index contributed by atoms with van der Waals surface area (Å²) in [6.07, 6.45) is 7.65. The monoisotopic (exact) mass is 398 g/mol. The largest absolute Gasteiger partial charge is 0.379 e. The summed E-state index contributed by atoms with van der Waals surface area (Å²) >= 11 is 2.09. The van der Waals surface area contributed by atoms with Crippen molar-refractivity contribution in [3.05, 3.63) is 0 Å². The van der Waals surface area contributed by atoms with E-state index in [0.717, 1.165) is 58.3 Å². The van der Waals surface area contributed by atoms with Crippen molar-refractivity contribution in [3.63, 3.8) is 0 Å². The summed E-state index contributed by atoms with van der Waals surface area (Å²) in [6, 6.07) is 0. The zero-order valence-corrected chi connectivity index (χ0v) is 17.8. The van der Waals surface area contributed by atoms with Crippen LogP contribution in [0.3, 0.4) is 0 Å². The van der Waals surface area contributed by atoms with Crippen LogP contribution in [-0.2, 0) is 9.47 Å². The zero-order chi connectivity index (χ0) is 18.8. The highest BCUT2D eigenvalue weighted by molar-refractivity contribution is 7.99. The first kappa shape index (κ1) is 21.2. The highest BCUT2D eigenvalue weighted by Gasteiger charge is 2.39. The van der Waals surface area contributed by atoms with E-state index >= 15 is 0 Å². The SMILES string of the molecule is CCNC(=NCC1(N2CCSCC2)CCCC1)NCCCOC1CCOC1. The Morgan fingerprint density at radius 3 is 2.78 bits per heavy atom. The first-order chi connectivity index (χ1) is 13.3. The second-order valence-corrected chi connectivity index (χ2v) is 9.09. The van der Waals surface area contributed by atoms with Crippen molar-refractivity contribution in [3.8, 4) is 0 Å². The maximum atomic E-state index is 5.85. The molecule has 2 saturated heterocycles. The van der Waals surface area contributed by atoms with Crippen LogP contribution in [0, 0.1) is 0 Å². The van der Waals surface area contributed by atoms with Gasteiger partial charge >= 0.3 is 0 Å². The minimum absolute atomic E-state index is 0.301. The summed E-state index contributed by atoms with van der Waals surface area (Å²) in [4.78, 5) is 7.74. The van der Waals surface area contributed by atoms with Gasteiger partial charge < -0.3 is 20.1 Å². The standard InChI is InChI=1S/C20H38N4O2S/c1-2-21-19(22-9-5-12-26-18-6-13-25-16-18)23-17-20(7-3-4-8-20)24-10-14-27-15-11-24/h18H,2-17H2,1H3,(H2,21,22,23). The third kappa shape index (κ3) is 6.51. The summed E-state index contributed by atoms with van der Waals surface area (Å²) in [5.74, 6) is 3.50. The molecule has 1 saturated carbocycles. The Balaban J connectivity index is 1.44. The number of hydrogen-bond acceptors (Lipinski definition) is 5. The molecule has 0 aromatic heterocycles. The van der Waals surface area contributed by atoms with Gasteiger partial charge in [0.15, 0.2) is 5.96 Å². The lowest BCUT2D eigenvalue weighted by Gasteiger charge is -2.42. The molecule has 6 nitrogen and oxygen atoms in total. The Hall–Kier alpha value is -0.500. The minimum atomic E-state index is 0.301. The molecule has 3 fully saturated rings. The zero-order valence-electron chi connectivity index (χ0n) is 17.0. The molecule has 3 rings (SSSR count). The van der Waals surface area contributed by atoms with E-state index in [1.165, 1.54) is 50.3 Å². The van der Waals surface area contributed by atoms with Gasteiger partial charge in [0.1, 0.15) is 0 Å². The Morgan fingerprint density at radius 2 is 2.07 bits per heavy atom. The van der Waals surface area contributed by atoms with E-state index in [0.29, 0.717) is 11.6 Å². The maximum absolute atomic E-state index is 5.85. The van der Waals surface area contributed by atoms with Crippen LogP contribution in [0.15, 0.2) is 4.99 Å². The Labute approximate surface area is 169 Å². The Morgan fingerprint density at radius 1 is 1.26 bits per heavy atom. The molecule has 2 aliphatic heterocycles. The molecule has 0 aromatic carbocycles. The van der Waals surface area contributed by atoms with Crippen molar-refractivity contribution in [2.24, 2.45) is 4.99 Å². The number of guanidine groups is 1. The van der Waals surface area contributed by atoms with Gasteiger partial charge in [0, 0.05) is 56.4 Å². The van der Waals surface area contributed by atoms with Gasteiger partial charge in [-0.05, 0) is 32.6 Å². The van der Waals surface area contributed by atoms with Gasteiger partial charge in [0.05, 0.1) is 19.3 Å². The molecular weight excluding hydrogens is 360 g/mol. The molecule has 1 unspecified atom stereocenters. The summed E-state index contributed by atoms with van der Waals surface area (Å²) in [6.45, 7) is 9.69. The fraction of sp³-hybridized carbons (Fsp3) is 0.950. The van der Waals surface area contributed by atoms with Gasteiger partial charge in [-0.3, -0.25) is 9.89 Å². The number of ether oxygens (including phenoxy) is 2. The van der Waals surface area contributed by atoms with Crippen molar-refractivity contribution >= 4 is 17.7 Å². The van der Waals surface area contributed by atoms with E-state index in [9.17, 15) is 0 Å². The van der Waals surface area contributed by atoms with Crippen LogP contribution in [-0.4, -0.2) is 86.6 Å². The van der Waals surface area contributed by atoms with Gasteiger partial charge in [0.25, 0.3) is 0 Å². The topological polar surface area (TPSA) is 58.1 Å². The molecule has 0 spiro atoms. The van der Waals surface area contributed by atoms with Crippen LogP contribution < -0.4 is 10.6 Å². The van der Waals surface area contributed by atoms with Crippen LogP contribution >= 0.6 is 11.8 Å². The Kier molecular flexibility index (Phi) is 9.03. The fourth-order valence-electron chi connectivity index (χ4n) is 4.39. The van der Waals surface area contributed by atoms with E-state index in [4.69, 9.17) is 14.5 Å². The average molecular weight is 399 g/mol. The molecule has 27 heavy (non-hydrogen) atoms. The van der Waals surface area contributed by atoms with Crippen molar-refractivity contribution in [1.29, 1.82) is 0 Å². The smallest absolute Gasteiger partial charge is 0.191 e. The summed E-state index contributed by atoms with van der Waals surface area (Å²) in [5, 5.41) is 6.91. The van der Waals surface area contributed by atoms with Gasteiger partial charge in [-0.2, -0.15) is 11.8 Å². The van der Waals surface area contributed by atoms with Crippen LogP contribution in [0.25, 0.3) is 0 Å². The van der Waals surface area contributed by atoms with E-state index in [1.54, 1.807) is 0 Å². The third-order valence-corrected chi connectivity index (χ3v) is 6.89. The lowest BCUT2D eigenvalue weighted by molar-refractivity contribution is 0.0420. The van der Waals surface area contributed by atoms with Gasteiger partial charge in [-0.1, -0.05) is 12.8 Å². The van der Waals surface area contributed by atoms with Crippen molar-refractivity contribution in [2.45, 2.75) is 57.1 Å². The quantitative estimate of drug-likeness (QED) is 0.352. The number of thioether (sulfide) groups is 1. The molecule has 156 valence electrons. The molecule has 0 amide bonds. The van der Waals surface area contributed by atoms with Crippen LogP contribution in [0.5, 0.6) is 0 Å².